The Morgan fingerprint density at radius 2 is 1.65 bits per heavy atom. The van der Waals surface area contributed by atoms with Gasteiger partial charge in [0.25, 0.3) is 0 Å². The van der Waals surface area contributed by atoms with E-state index < -0.39 is 64.4 Å². The SMILES string of the molecule is CN(C)[C@@H]1C(=O)C(C(N)=O)C(=O)C2(O)C(=O)C3C(=O)c4c(O)cc(CNC5C6CC7CC(C6)CC5C7)c(Cl)c4C[C@H]3C[C@@H]12. The maximum absolute atomic E-state index is 14.0. The molecular formula is C32H38ClN3O7. The second kappa shape index (κ2) is 9.92. The van der Waals surface area contributed by atoms with Crippen LogP contribution in [0.5, 0.6) is 5.75 Å². The molecule has 1 aromatic rings. The minimum absolute atomic E-state index is 0.00275. The highest BCUT2D eigenvalue weighted by Crippen LogP contribution is 2.54. The van der Waals surface area contributed by atoms with Crippen molar-refractivity contribution in [2.75, 3.05) is 14.1 Å². The Balaban J connectivity index is 1.20. The van der Waals surface area contributed by atoms with Gasteiger partial charge in [0.1, 0.15) is 5.75 Å². The third kappa shape index (κ3) is 4.05. The number of nitrogens with zero attached hydrogens (tertiary/aromatic N) is 1. The molecule has 11 heteroatoms. The molecule has 6 saturated carbocycles. The van der Waals surface area contributed by atoms with Gasteiger partial charge in [-0.2, -0.15) is 0 Å². The van der Waals surface area contributed by atoms with Crippen LogP contribution in [-0.4, -0.2) is 75.9 Å². The van der Waals surface area contributed by atoms with Gasteiger partial charge in [-0.05, 0) is 106 Å². The average Bonchev–Trinajstić information content (AvgIpc) is 2.92. The van der Waals surface area contributed by atoms with Crippen molar-refractivity contribution in [3.05, 3.63) is 27.8 Å². The number of primary amides is 1. The van der Waals surface area contributed by atoms with Crippen LogP contribution in [0.25, 0.3) is 0 Å². The van der Waals surface area contributed by atoms with Gasteiger partial charge in [-0.25, -0.2) is 0 Å². The first kappa shape index (κ1) is 29.1. The number of phenolic OH excluding ortho intramolecular Hbond substituents is 1. The molecule has 0 saturated heterocycles. The van der Waals surface area contributed by atoms with Crippen LogP contribution < -0.4 is 11.1 Å². The molecule has 0 spiro atoms. The van der Waals surface area contributed by atoms with Crippen molar-refractivity contribution in [1.82, 2.24) is 10.2 Å². The van der Waals surface area contributed by atoms with Gasteiger partial charge in [0.15, 0.2) is 34.7 Å². The Labute approximate surface area is 254 Å². The number of phenols is 1. The molecular weight excluding hydrogens is 574 g/mol. The Morgan fingerprint density at radius 1 is 1.02 bits per heavy atom. The largest absolute Gasteiger partial charge is 0.507 e. The quantitative estimate of drug-likeness (QED) is 0.360. The normalized spacial score (nSPS) is 41.3. The molecule has 3 unspecified atom stereocenters. The van der Waals surface area contributed by atoms with E-state index in [4.69, 9.17) is 17.3 Å². The number of aliphatic hydroxyl groups is 1. The van der Waals surface area contributed by atoms with E-state index in [2.05, 4.69) is 5.32 Å². The lowest BCUT2D eigenvalue weighted by Gasteiger charge is -2.54. The maximum atomic E-state index is 14.0. The summed E-state index contributed by atoms with van der Waals surface area (Å²) in [6.07, 6.45) is 6.54. The van der Waals surface area contributed by atoms with Crippen molar-refractivity contribution in [2.45, 2.75) is 69.2 Å². The van der Waals surface area contributed by atoms with E-state index in [-0.39, 0.29) is 24.2 Å². The van der Waals surface area contributed by atoms with Gasteiger partial charge < -0.3 is 21.3 Å². The van der Waals surface area contributed by atoms with Crippen molar-refractivity contribution in [2.24, 2.45) is 53.1 Å². The zero-order valence-corrected chi connectivity index (χ0v) is 25.1. The zero-order valence-electron chi connectivity index (χ0n) is 24.3. The minimum atomic E-state index is -2.74. The highest BCUT2D eigenvalue weighted by molar-refractivity contribution is 6.34. The molecule has 0 aromatic heterocycles. The molecule has 6 atom stereocenters. The maximum Gasteiger partial charge on any atom is 0.235 e. The molecule has 1 aromatic carbocycles. The summed E-state index contributed by atoms with van der Waals surface area (Å²) in [5.41, 5.74) is 3.68. The number of halogens is 1. The molecule has 4 bridgehead atoms. The van der Waals surface area contributed by atoms with Gasteiger partial charge in [0, 0.05) is 23.5 Å². The number of rotatable bonds is 5. The number of carbonyl (C=O) groups is 5. The molecule has 8 rings (SSSR count). The van der Waals surface area contributed by atoms with E-state index in [0.29, 0.717) is 40.6 Å². The van der Waals surface area contributed by atoms with Gasteiger partial charge in [0.05, 0.1) is 17.5 Å². The van der Waals surface area contributed by atoms with Gasteiger partial charge in [-0.1, -0.05) is 11.6 Å². The fourth-order valence-electron chi connectivity index (χ4n) is 10.3. The molecule has 0 heterocycles. The van der Waals surface area contributed by atoms with E-state index in [0.717, 1.165) is 11.8 Å². The number of hydrogen-bond donors (Lipinski definition) is 4. The summed E-state index contributed by atoms with van der Waals surface area (Å²) >= 11 is 6.94. The molecule has 0 radical (unpaired) electrons. The second-order valence-corrected chi connectivity index (χ2v) is 14.7. The highest BCUT2D eigenvalue weighted by Gasteiger charge is 2.69. The van der Waals surface area contributed by atoms with E-state index in [1.54, 1.807) is 14.1 Å². The van der Waals surface area contributed by atoms with Crippen LogP contribution in [0.1, 0.15) is 60.0 Å². The van der Waals surface area contributed by atoms with Crippen LogP contribution in [0.2, 0.25) is 5.02 Å². The Kier molecular flexibility index (Phi) is 6.71. The lowest BCUT2D eigenvalue weighted by molar-refractivity contribution is -0.181. The van der Waals surface area contributed by atoms with Crippen LogP contribution in [0.15, 0.2) is 6.07 Å². The monoisotopic (exact) mass is 611 g/mol. The van der Waals surface area contributed by atoms with Crippen LogP contribution in [0.4, 0.5) is 0 Å². The van der Waals surface area contributed by atoms with Crippen molar-refractivity contribution >= 4 is 40.6 Å². The number of nitrogens with two attached hydrogens (primary N) is 1. The summed E-state index contributed by atoms with van der Waals surface area (Å²) in [4.78, 5) is 68.1. The van der Waals surface area contributed by atoms with Gasteiger partial charge in [-0.15, -0.1) is 0 Å². The summed E-state index contributed by atoms with van der Waals surface area (Å²) in [5, 5.41) is 26.9. The first-order valence-corrected chi connectivity index (χ1v) is 15.8. The smallest absolute Gasteiger partial charge is 0.235 e. The standard InChI is InChI=1S/C32H38ClN3O7/c1-36(2)26-19-9-14-8-18-22(27(38)21(14)29(40)32(19,43)30(41)23(28(26)39)31(34)42)20(37)10-17(24(18)33)11-35-25-15-4-12-3-13(6-15)7-16(25)5-12/h10,12-16,19,21,23,25-26,35,37,43H,3-9,11H2,1-2H3,(H2,34,42)/t12?,13?,14-,15?,16?,19-,21?,23?,25?,26-,32?/m0/s1. The molecule has 0 aliphatic heterocycles. The number of nitrogens with one attached hydrogen (secondary N) is 1. The fourth-order valence-corrected chi connectivity index (χ4v) is 10.6. The summed E-state index contributed by atoms with van der Waals surface area (Å²) in [5.74, 6) is -7.62. The van der Waals surface area contributed by atoms with Crippen LogP contribution in [-0.2, 0) is 32.1 Å². The number of amides is 1. The number of Topliss-reactive ketones (excluding diaryl/α,β-unsaturated/α-hetero) is 4. The van der Waals surface area contributed by atoms with Crippen LogP contribution in [0.3, 0.4) is 0 Å². The molecule has 7 aliphatic carbocycles. The minimum Gasteiger partial charge on any atom is -0.507 e. The molecule has 1 amide bonds. The first-order valence-electron chi connectivity index (χ1n) is 15.4. The third-order valence-corrected chi connectivity index (χ3v) is 12.3. The van der Waals surface area contributed by atoms with Gasteiger partial charge in [-0.3, -0.25) is 28.9 Å². The molecule has 7 aliphatic rings. The van der Waals surface area contributed by atoms with Crippen molar-refractivity contribution in [3.8, 4) is 5.75 Å². The van der Waals surface area contributed by atoms with Crippen molar-refractivity contribution in [1.29, 1.82) is 0 Å². The summed E-state index contributed by atoms with van der Waals surface area (Å²) < 4.78 is 0. The number of hydrogen-bond acceptors (Lipinski definition) is 9. The highest BCUT2D eigenvalue weighted by atomic mass is 35.5. The van der Waals surface area contributed by atoms with E-state index in [9.17, 15) is 34.2 Å². The molecule has 5 N–H and O–H groups in total. The summed E-state index contributed by atoms with van der Waals surface area (Å²) in [6, 6.07) is 0.736. The molecule has 43 heavy (non-hydrogen) atoms. The Morgan fingerprint density at radius 3 is 2.23 bits per heavy atom. The van der Waals surface area contributed by atoms with E-state index in [1.165, 1.54) is 43.1 Å². The number of benzene rings is 1. The lowest BCUT2D eigenvalue weighted by atomic mass is 9.52. The Bertz CT molecular complexity index is 1450. The van der Waals surface area contributed by atoms with E-state index in [1.807, 2.05) is 0 Å². The number of fused-ring (bicyclic) bond motifs is 3. The summed E-state index contributed by atoms with van der Waals surface area (Å²) in [7, 11) is 3.12. The van der Waals surface area contributed by atoms with Gasteiger partial charge in [0.2, 0.25) is 5.91 Å². The predicted octanol–water partition coefficient (Wildman–Crippen LogP) is 1.43. The van der Waals surface area contributed by atoms with E-state index >= 15 is 0 Å². The van der Waals surface area contributed by atoms with Crippen LogP contribution >= 0.6 is 11.6 Å². The van der Waals surface area contributed by atoms with Gasteiger partial charge >= 0.3 is 0 Å². The molecule has 230 valence electrons. The topological polar surface area (TPSA) is 167 Å². The molecule has 10 nitrogen and oxygen atoms in total. The predicted molar refractivity (Wildman–Crippen MR) is 154 cm³/mol. The number of ketones is 4. The Hall–Kier alpha value is -2.66. The third-order valence-electron chi connectivity index (χ3n) is 11.8. The van der Waals surface area contributed by atoms with Crippen molar-refractivity contribution in [3.63, 3.8) is 0 Å². The fraction of sp³-hybridized carbons (Fsp3) is 0.656. The second-order valence-electron chi connectivity index (χ2n) is 14.3. The van der Waals surface area contributed by atoms with Crippen LogP contribution in [0, 0.1) is 47.3 Å². The lowest BCUT2D eigenvalue weighted by Crippen LogP contribution is -2.74. The average molecular weight is 612 g/mol. The number of likely N-dealkylation sites (N-methyl/N-ethyl adjacent to an activating group) is 1. The molecule has 6 fully saturated rings. The first-order chi connectivity index (χ1) is 20.3. The number of aromatic hydroxyl groups is 1. The van der Waals surface area contributed by atoms with Crippen molar-refractivity contribution < 1.29 is 34.2 Å². The number of carbonyl (C=O) groups excluding carboxylic acids is 5. The zero-order chi connectivity index (χ0) is 30.7. The summed E-state index contributed by atoms with van der Waals surface area (Å²) in [6.45, 7) is 0.441.